The number of carbonyl (C=O) groups is 2. The van der Waals surface area contributed by atoms with Crippen molar-refractivity contribution in [3.05, 3.63) is 0 Å². The number of rotatable bonds is 2. The zero-order valence-corrected chi connectivity index (χ0v) is 12.2. The summed E-state index contributed by atoms with van der Waals surface area (Å²) in [6, 6.07) is 0. The first kappa shape index (κ1) is 16.7. The largest absolute Gasteiger partial charge is 0.444 e. The summed E-state index contributed by atoms with van der Waals surface area (Å²) in [7, 11) is 0. The molecule has 1 fully saturated rings. The minimum absolute atomic E-state index is 0.0227. The standard InChI is InChI=1S/C11H20N2O3.C2H6/c1-11(2,3)16-10(15)12-8-9(14)13-6-4-5-7-13;1-2/h4-8H2,1-3H3,(H,12,15);1-2H3. The minimum atomic E-state index is -0.542. The van der Waals surface area contributed by atoms with Crippen molar-refractivity contribution in [1.82, 2.24) is 10.2 Å². The predicted molar refractivity (Wildman–Crippen MR) is 71.4 cm³/mol. The Kier molecular flexibility index (Phi) is 7.39. The molecule has 0 aliphatic carbocycles. The van der Waals surface area contributed by atoms with Crippen molar-refractivity contribution in [1.29, 1.82) is 0 Å². The monoisotopic (exact) mass is 258 g/mol. The summed E-state index contributed by atoms with van der Waals surface area (Å²) in [5, 5.41) is 2.46. The van der Waals surface area contributed by atoms with Gasteiger partial charge in [-0.25, -0.2) is 4.79 Å². The van der Waals surface area contributed by atoms with Crippen LogP contribution in [0.4, 0.5) is 4.79 Å². The second kappa shape index (κ2) is 7.95. The third-order valence-corrected chi connectivity index (χ3v) is 2.24. The maximum atomic E-state index is 11.6. The smallest absolute Gasteiger partial charge is 0.408 e. The fraction of sp³-hybridized carbons (Fsp3) is 0.846. The van der Waals surface area contributed by atoms with Crippen LogP contribution in [0.15, 0.2) is 0 Å². The van der Waals surface area contributed by atoms with E-state index < -0.39 is 11.7 Å². The van der Waals surface area contributed by atoms with Crippen molar-refractivity contribution in [2.45, 2.75) is 53.1 Å². The highest BCUT2D eigenvalue weighted by molar-refractivity contribution is 5.82. The van der Waals surface area contributed by atoms with Gasteiger partial charge in [-0.15, -0.1) is 0 Å². The van der Waals surface area contributed by atoms with Crippen LogP contribution in [0.5, 0.6) is 0 Å². The maximum absolute atomic E-state index is 11.6. The van der Waals surface area contributed by atoms with E-state index in [0.29, 0.717) is 0 Å². The molecular formula is C13H26N2O3. The summed E-state index contributed by atoms with van der Waals surface area (Å²) in [5.41, 5.74) is -0.527. The number of nitrogens with zero attached hydrogens (tertiary/aromatic N) is 1. The zero-order valence-electron chi connectivity index (χ0n) is 12.2. The SMILES string of the molecule is CC.CC(C)(C)OC(=O)NCC(=O)N1CCCC1. The Balaban J connectivity index is 0.00000137. The molecule has 1 N–H and O–H groups in total. The van der Waals surface area contributed by atoms with Crippen molar-refractivity contribution < 1.29 is 14.3 Å². The molecule has 0 aromatic heterocycles. The normalized spacial score (nSPS) is 14.6. The van der Waals surface area contributed by atoms with Gasteiger partial charge in [0.05, 0.1) is 0 Å². The number of likely N-dealkylation sites (tertiary alicyclic amines) is 1. The quantitative estimate of drug-likeness (QED) is 0.825. The van der Waals surface area contributed by atoms with E-state index in [0.717, 1.165) is 25.9 Å². The van der Waals surface area contributed by atoms with Gasteiger partial charge in [0.2, 0.25) is 5.91 Å². The van der Waals surface area contributed by atoms with Crippen LogP contribution in [0, 0.1) is 0 Å². The molecule has 0 spiro atoms. The van der Waals surface area contributed by atoms with Gasteiger partial charge in [-0.3, -0.25) is 4.79 Å². The van der Waals surface area contributed by atoms with Gasteiger partial charge in [0, 0.05) is 13.1 Å². The number of hydrogen-bond donors (Lipinski definition) is 1. The molecule has 2 amide bonds. The summed E-state index contributed by atoms with van der Waals surface area (Å²) in [6.07, 6.45) is 1.57. The van der Waals surface area contributed by atoms with E-state index in [1.54, 1.807) is 25.7 Å². The number of amides is 2. The average Bonchev–Trinajstić information content (AvgIpc) is 2.80. The number of hydrogen-bond acceptors (Lipinski definition) is 3. The van der Waals surface area contributed by atoms with Crippen LogP contribution < -0.4 is 5.32 Å². The van der Waals surface area contributed by atoms with Crippen LogP contribution in [0.25, 0.3) is 0 Å². The molecule has 0 bridgehead atoms. The first-order valence-electron chi connectivity index (χ1n) is 6.63. The van der Waals surface area contributed by atoms with Crippen molar-refractivity contribution in [2.24, 2.45) is 0 Å². The first-order chi connectivity index (χ1) is 8.38. The summed E-state index contributed by atoms with van der Waals surface area (Å²) < 4.78 is 5.03. The highest BCUT2D eigenvalue weighted by Crippen LogP contribution is 2.08. The summed E-state index contributed by atoms with van der Waals surface area (Å²) in [6.45, 7) is 11.0. The molecule has 0 aromatic carbocycles. The molecule has 106 valence electrons. The van der Waals surface area contributed by atoms with Crippen LogP contribution >= 0.6 is 0 Å². The molecule has 1 aliphatic heterocycles. The maximum Gasteiger partial charge on any atom is 0.408 e. The second-order valence-electron chi connectivity index (χ2n) is 4.94. The van der Waals surface area contributed by atoms with E-state index in [-0.39, 0.29) is 12.5 Å². The second-order valence-corrected chi connectivity index (χ2v) is 4.94. The van der Waals surface area contributed by atoms with Gasteiger partial charge in [-0.1, -0.05) is 13.8 Å². The summed E-state index contributed by atoms with van der Waals surface area (Å²) in [5.74, 6) is -0.0386. The molecule has 0 unspecified atom stereocenters. The lowest BCUT2D eigenvalue weighted by molar-refractivity contribution is -0.129. The van der Waals surface area contributed by atoms with Crippen molar-refractivity contribution in [2.75, 3.05) is 19.6 Å². The zero-order chi connectivity index (χ0) is 14.2. The average molecular weight is 258 g/mol. The van der Waals surface area contributed by atoms with E-state index in [4.69, 9.17) is 4.74 Å². The Morgan fingerprint density at radius 3 is 2.11 bits per heavy atom. The van der Waals surface area contributed by atoms with E-state index in [9.17, 15) is 9.59 Å². The molecule has 1 rings (SSSR count). The molecular weight excluding hydrogens is 232 g/mol. The van der Waals surface area contributed by atoms with Crippen molar-refractivity contribution in [3.63, 3.8) is 0 Å². The highest BCUT2D eigenvalue weighted by Gasteiger charge is 2.20. The lowest BCUT2D eigenvalue weighted by Crippen LogP contribution is -2.40. The molecule has 0 saturated carbocycles. The first-order valence-corrected chi connectivity index (χ1v) is 6.63. The fourth-order valence-corrected chi connectivity index (χ4v) is 1.54. The Bertz CT molecular complexity index is 266. The van der Waals surface area contributed by atoms with Crippen LogP contribution in [-0.2, 0) is 9.53 Å². The van der Waals surface area contributed by atoms with Crippen molar-refractivity contribution >= 4 is 12.0 Å². The molecule has 5 nitrogen and oxygen atoms in total. The molecule has 18 heavy (non-hydrogen) atoms. The minimum Gasteiger partial charge on any atom is -0.444 e. The summed E-state index contributed by atoms with van der Waals surface area (Å²) in [4.78, 5) is 24.6. The number of nitrogens with one attached hydrogen (secondary N) is 1. The molecule has 0 radical (unpaired) electrons. The van der Waals surface area contributed by atoms with Gasteiger partial charge in [0.25, 0.3) is 0 Å². The van der Waals surface area contributed by atoms with Crippen LogP contribution in [-0.4, -0.2) is 42.1 Å². The Labute approximate surface area is 110 Å². The Morgan fingerprint density at radius 1 is 1.17 bits per heavy atom. The lowest BCUT2D eigenvalue weighted by atomic mass is 10.2. The van der Waals surface area contributed by atoms with Gasteiger partial charge in [0.15, 0.2) is 0 Å². The van der Waals surface area contributed by atoms with Crippen molar-refractivity contribution in [3.8, 4) is 0 Å². The molecule has 0 atom stereocenters. The van der Waals surface area contributed by atoms with E-state index in [1.165, 1.54) is 0 Å². The third kappa shape index (κ3) is 7.14. The fourth-order valence-electron chi connectivity index (χ4n) is 1.54. The number of ether oxygens (including phenoxy) is 1. The Hall–Kier alpha value is -1.26. The highest BCUT2D eigenvalue weighted by atomic mass is 16.6. The molecule has 1 saturated heterocycles. The van der Waals surface area contributed by atoms with Gasteiger partial charge >= 0.3 is 6.09 Å². The Morgan fingerprint density at radius 2 is 1.67 bits per heavy atom. The third-order valence-electron chi connectivity index (χ3n) is 2.24. The van der Waals surface area contributed by atoms with Gasteiger partial charge in [-0.2, -0.15) is 0 Å². The van der Waals surface area contributed by atoms with Gasteiger partial charge in [0.1, 0.15) is 12.1 Å². The van der Waals surface area contributed by atoms with Gasteiger partial charge in [-0.05, 0) is 33.6 Å². The topological polar surface area (TPSA) is 58.6 Å². The molecule has 5 heteroatoms. The van der Waals surface area contributed by atoms with Crippen LogP contribution in [0.2, 0.25) is 0 Å². The number of alkyl carbamates (subject to hydrolysis) is 1. The van der Waals surface area contributed by atoms with Gasteiger partial charge < -0.3 is 15.0 Å². The molecule has 1 aliphatic rings. The molecule has 1 heterocycles. The summed E-state index contributed by atoms with van der Waals surface area (Å²) >= 11 is 0. The number of carbonyl (C=O) groups excluding carboxylic acids is 2. The van der Waals surface area contributed by atoms with Crippen LogP contribution in [0.1, 0.15) is 47.5 Å². The van der Waals surface area contributed by atoms with E-state index in [2.05, 4.69) is 5.32 Å². The van der Waals surface area contributed by atoms with E-state index >= 15 is 0 Å². The molecule has 0 aromatic rings. The van der Waals surface area contributed by atoms with E-state index in [1.807, 2.05) is 13.8 Å². The van der Waals surface area contributed by atoms with Crippen LogP contribution in [0.3, 0.4) is 0 Å². The predicted octanol–water partition coefficient (Wildman–Crippen LogP) is 2.16. The lowest BCUT2D eigenvalue weighted by Gasteiger charge is -2.20.